The van der Waals surface area contributed by atoms with E-state index in [1.165, 1.54) is 0 Å². The van der Waals surface area contributed by atoms with Gasteiger partial charge in [0.15, 0.2) is 0 Å². The van der Waals surface area contributed by atoms with E-state index >= 15 is 0 Å². The van der Waals surface area contributed by atoms with Crippen LogP contribution in [0.25, 0.3) is 0 Å². The van der Waals surface area contributed by atoms with Crippen LogP contribution in [0.15, 0.2) is 12.7 Å². The molecule has 0 aromatic heterocycles. The second kappa shape index (κ2) is 6.60. The van der Waals surface area contributed by atoms with Gasteiger partial charge in [-0.1, -0.05) is 19.9 Å². The van der Waals surface area contributed by atoms with Crippen molar-refractivity contribution in [3.63, 3.8) is 0 Å². The summed E-state index contributed by atoms with van der Waals surface area (Å²) >= 11 is 0. The van der Waals surface area contributed by atoms with Crippen LogP contribution in [0, 0.1) is 5.92 Å². The highest BCUT2D eigenvalue weighted by Crippen LogP contribution is 2.08. The van der Waals surface area contributed by atoms with Crippen molar-refractivity contribution in [2.24, 2.45) is 11.7 Å². The molecule has 2 N–H and O–H groups in total. The van der Waals surface area contributed by atoms with Gasteiger partial charge in [-0.25, -0.2) is 0 Å². The summed E-state index contributed by atoms with van der Waals surface area (Å²) in [5.41, 5.74) is 5.56. The van der Waals surface area contributed by atoms with E-state index in [9.17, 15) is 4.79 Å². The molecule has 2 atom stereocenters. The van der Waals surface area contributed by atoms with E-state index in [1.54, 1.807) is 6.08 Å². The zero-order valence-electron chi connectivity index (χ0n) is 9.32. The lowest BCUT2D eigenvalue weighted by atomic mass is 10.1. The molecule has 0 radical (unpaired) electrons. The van der Waals surface area contributed by atoms with Crippen molar-refractivity contribution < 1.29 is 9.53 Å². The average Bonchev–Trinajstić information content (AvgIpc) is 2.02. The fourth-order valence-corrected chi connectivity index (χ4v) is 1.27. The third-order valence-corrected chi connectivity index (χ3v) is 1.84. The second-order valence-corrected chi connectivity index (χ2v) is 4.01. The van der Waals surface area contributed by atoms with Crippen molar-refractivity contribution in [1.29, 1.82) is 0 Å². The van der Waals surface area contributed by atoms with Gasteiger partial charge in [-0.2, -0.15) is 0 Å². The van der Waals surface area contributed by atoms with Crippen LogP contribution >= 0.6 is 0 Å². The van der Waals surface area contributed by atoms with Crippen LogP contribution in [-0.2, 0) is 9.53 Å². The molecular formula is C11H21NO2. The number of esters is 1. The Kier molecular flexibility index (Phi) is 6.21. The lowest BCUT2D eigenvalue weighted by Gasteiger charge is -2.17. The fourth-order valence-electron chi connectivity index (χ4n) is 1.27. The zero-order valence-corrected chi connectivity index (χ0v) is 9.32. The maximum atomic E-state index is 11.3. The lowest BCUT2D eigenvalue weighted by Crippen LogP contribution is -2.34. The summed E-state index contributed by atoms with van der Waals surface area (Å²) in [6, 6.07) is -0.567. The molecule has 0 saturated heterocycles. The van der Waals surface area contributed by atoms with Crippen molar-refractivity contribution >= 4 is 5.97 Å². The summed E-state index contributed by atoms with van der Waals surface area (Å²) < 4.78 is 5.16. The van der Waals surface area contributed by atoms with Crippen molar-refractivity contribution in [2.45, 2.75) is 45.8 Å². The molecule has 3 nitrogen and oxygen atoms in total. The van der Waals surface area contributed by atoms with Gasteiger partial charge in [-0.15, -0.1) is 6.58 Å². The van der Waals surface area contributed by atoms with Gasteiger partial charge in [0.05, 0.1) is 6.10 Å². The molecule has 0 aliphatic carbocycles. The monoisotopic (exact) mass is 199 g/mol. The molecule has 0 rings (SSSR count). The Morgan fingerprint density at radius 1 is 1.50 bits per heavy atom. The Bertz CT molecular complexity index is 190. The van der Waals surface area contributed by atoms with E-state index in [4.69, 9.17) is 10.5 Å². The molecule has 0 spiro atoms. The smallest absolute Gasteiger partial charge is 0.323 e. The molecule has 0 aliphatic heterocycles. The van der Waals surface area contributed by atoms with Crippen molar-refractivity contribution in [2.75, 3.05) is 0 Å². The average molecular weight is 199 g/mol. The summed E-state index contributed by atoms with van der Waals surface area (Å²) in [5, 5.41) is 0. The highest BCUT2D eigenvalue weighted by atomic mass is 16.5. The minimum atomic E-state index is -0.567. The quantitative estimate of drug-likeness (QED) is 0.525. The van der Waals surface area contributed by atoms with Crippen LogP contribution in [-0.4, -0.2) is 18.1 Å². The predicted molar refractivity (Wildman–Crippen MR) is 57.8 cm³/mol. The number of ether oxygens (including phenoxy) is 1. The van der Waals surface area contributed by atoms with Crippen LogP contribution in [0.5, 0.6) is 0 Å². The molecule has 2 unspecified atom stereocenters. The molecule has 14 heavy (non-hydrogen) atoms. The number of carbonyl (C=O) groups excluding carboxylic acids is 1. The minimum Gasteiger partial charge on any atom is -0.461 e. The van der Waals surface area contributed by atoms with E-state index in [0.29, 0.717) is 12.3 Å². The van der Waals surface area contributed by atoms with Gasteiger partial charge in [0.2, 0.25) is 0 Å². The number of nitrogens with two attached hydrogens (primary N) is 1. The third-order valence-electron chi connectivity index (χ3n) is 1.84. The molecule has 3 heteroatoms. The summed E-state index contributed by atoms with van der Waals surface area (Å²) in [6.45, 7) is 9.59. The molecule has 0 aromatic carbocycles. The standard InChI is InChI=1S/C11H21NO2/c1-5-6-10(12)11(13)14-9(4)7-8(2)3/h5,8-10H,1,6-7,12H2,2-4H3. The zero-order chi connectivity index (χ0) is 11.1. The van der Waals surface area contributed by atoms with E-state index in [0.717, 1.165) is 6.42 Å². The number of rotatable bonds is 6. The summed E-state index contributed by atoms with van der Waals surface area (Å²) in [5.74, 6) is 0.187. The first-order chi connectivity index (χ1) is 6.47. The van der Waals surface area contributed by atoms with E-state index in [2.05, 4.69) is 20.4 Å². The van der Waals surface area contributed by atoms with Gasteiger partial charge in [-0.05, 0) is 25.7 Å². The Morgan fingerprint density at radius 3 is 2.50 bits per heavy atom. The van der Waals surface area contributed by atoms with Gasteiger partial charge in [0.25, 0.3) is 0 Å². The van der Waals surface area contributed by atoms with Crippen molar-refractivity contribution in [1.82, 2.24) is 0 Å². The summed E-state index contributed by atoms with van der Waals surface area (Å²) in [7, 11) is 0. The topological polar surface area (TPSA) is 52.3 Å². The molecule has 0 bridgehead atoms. The molecule has 0 saturated carbocycles. The van der Waals surface area contributed by atoms with Crippen LogP contribution in [0.3, 0.4) is 0 Å². The molecule has 0 aliphatic rings. The first-order valence-corrected chi connectivity index (χ1v) is 5.04. The fraction of sp³-hybridized carbons (Fsp3) is 0.727. The van der Waals surface area contributed by atoms with Crippen molar-refractivity contribution in [3.05, 3.63) is 12.7 Å². The molecular weight excluding hydrogens is 178 g/mol. The van der Waals surface area contributed by atoms with Gasteiger partial charge >= 0.3 is 5.97 Å². The van der Waals surface area contributed by atoms with Crippen LogP contribution in [0.1, 0.15) is 33.6 Å². The Hall–Kier alpha value is -0.830. The van der Waals surface area contributed by atoms with Gasteiger partial charge in [0.1, 0.15) is 6.04 Å². The molecule has 0 aromatic rings. The Balaban J connectivity index is 3.86. The maximum Gasteiger partial charge on any atom is 0.323 e. The van der Waals surface area contributed by atoms with Gasteiger partial charge in [0, 0.05) is 0 Å². The van der Waals surface area contributed by atoms with Gasteiger partial charge in [-0.3, -0.25) is 4.79 Å². The Morgan fingerprint density at radius 2 is 2.07 bits per heavy atom. The van der Waals surface area contributed by atoms with Gasteiger partial charge < -0.3 is 10.5 Å². The lowest BCUT2D eigenvalue weighted by molar-refractivity contribution is -0.150. The molecule has 0 amide bonds. The highest BCUT2D eigenvalue weighted by Gasteiger charge is 2.16. The van der Waals surface area contributed by atoms with E-state index in [1.807, 2.05) is 6.92 Å². The van der Waals surface area contributed by atoms with Crippen LogP contribution in [0.2, 0.25) is 0 Å². The normalized spacial score (nSPS) is 14.9. The minimum absolute atomic E-state index is 0.0571. The van der Waals surface area contributed by atoms with E-state index in [-0.39, 0.29) is 12.1 Å². The van der Waals surface area contributed by atoms with E-state index < -0.39 is 6.04 Å². The highest BCUT2D eigenvalue weighted by molar-refractivity contribution is 5.75. The number of hydrogen-bond donors (Lipinski definition) is 1. The molecule has 0 fully saturated rings. The summed E-state index contributed by atoms with van der Waals surface area (Å²) in [4.78, 5) is 11.3. The second-order valence-electron chi connectivity index (χ2n) is 4.01. The number of hydrogen-bond acceptors (Lipinski definition) is 3. The molecule has 82 valence electrons. The van der Waals surface area contributed by atoms with Crippen LogP contribution in [0.4, 0.5) is 0 Å². The number of carbonyl (C=O) groups is 1. The first-order valence-electron chi connectivity index (χ1n) is 5.04. The SMILES string of the molecule is C=CCC(N)C(=O)OC(C)CC(C)C. The predicted octanol–water partition coefficient (Wildman–Crippen LogP) is 1.87. The molecule has 0 heterocycles. The first kappa shape index (κ1) is 13.2. The maximum absolute atomic E-state index is 11.3. The largest absolute Gasteiger partial charge is 0.461 e. The summed E-state index contributed by atoms with van der Waals surface area (Å²) in [6.07, 6.45) is 2.90. The third kappa shape index (κ3) is 5.75. The van der Waals surface area contributed by atoms with Crippen molar-refractivity contribution in [3.8, 4) is 0 Å². The van der Waals surface area contributed by atoms with Crippen LogP contribution < -0.4 is 5.73 Å². The Labute approximate surface area is 86.3 Å².